The summed E-state index contributed by atoms with van der Waals surface area (Å²) >= 11 is 0. The Kier molecular flexibility index (Phi) is 4.60. The first-order chi connectivity index (χ1) is 9.25. The van der Waals surface area contributed by atoms with Gasteiger partial charge in [-0.05, 0) is 17.7 Å². The van der Waals surface area contributed by atoms with Gasteiger partial charge < -0.3 is 5.11 Å². The molecule has 0 aliphatic heterocycles. The van der Waals surface area contributed by atoms with E-state index in [0.29, 0.717) is 18.8 Å². The average Bonchev–Trinajstić information content (AvgIpc) is 2.45. The zero-order chi connectivity index (χ0) is 13.5. The van der Waals surface area contributed by atoms with Gasteiger partial charge in [0.2, 0.25) is 0 Å². The number of benzene rings is 1. The van der Waals surface area contributed by atoms with E-state index in [-0.39, 0.29) is 5.69 Å². The van der Waals surface area contributed by atoms with E-state index in [1.165, 1.54) is 6.07 Å². The summed E-state index contributed by atoms with van der Waals surface area (Å²) in [5, 5.41) is 8.82. The summed E-state index contributed by atoms with van der Waals surface area (Å²) in [6.45, 7) is 0.799. The number of aromatic nitrogens is 1. The van der Waals surface area contributed by atoms with Crippen LogP contribution in [-0.4, -0.2) is 16.1 Å². The fraction of sp³-hybridized carbons (Fsp3) is 0.143. The number of nitrogens with zero attached hydrogens (tertiary/aromatic N) is 1. The van der Waals surface area contributed by atoms with Crippen LogP contribution in [0.2, 0.25) is 0 Å². The molecule has 5 heteroatoms. The Morgan fingerprint density at radius 2 is 1.95 bits per heavy atom. The lowest BCUT2D eigenvalue weighted by atomic mass is 10.2. The first-order valence-corrected chi connectivity index (χ1v) is 5.83. The molecule has 0 radical (unpaired) electrons. The van der Waals surface area contributed by atoms with E-state index >= 15 is 0 Å². The van der Waals surface area contributed by atoms with Crippen LogP contribution in [0.4, 0.5) is 0 Å². The second-order valence-electron chi connectivity index (χ2n) is 3.91. The number of hydroxylamine groups is 1. The van der Waals surface area contributed by atoms with Gasteiger partial charge in [0.15, 0.2) is 0 Å². The molecule has 2 rings (SSSR count). The van der Waals surface area contributed by atoms with E-state index in [9.17, 15) is 4.79 Å². The van der Waals surface area contributed by atoms with Crippen molar-refractivity contribution in [3.8, 4) is 0 Å². The van der Waals surface area contributed by atoms with Crippen molar-refractivity contribution in [3.63, 3.8) is 0 Å². The van der Waals surface area contributed by atoms with Gasteiger partial charge in [-0.2, -0.15) is 5.48 Å². The van der Waals surface area contributed by atoms with Gasteiger partial charge in [-0.15, -0.1) is 0 Å². The van der Waals surface area contributed by atoms with Gasteiger partial charge >= 0.3 is 5.97 Å². The number of nitrogens with one attached hydrogen (secondary N) is 1. The summed E-state index contributed by atoms with van der Waals surface area (Å²) in [5.74, 6) is -1.04. The maximum Gasteiger partial charge on any atom is 0.354 e. The number of hydrogen-bond acceptors (Lipinski definition) is 4. The topological polar surface area (TPSA) is 71.5 Å². The van der Waals surface area contributed by atoms with E-state index in [4.69, 9.17) is 9.94 Å². The molecular weight excluding hydrogens is 244 g/mol. The Morgan fingerprint density at radius 1 is 1.16 bits per heavy atom. The van der Waals surface area contributed by atoms with Gasteiger partial charge in [0.05, 0.1) is 18.8 Å². The molecule has 98 valence electrons. The molecule has 0 aliphatic rings. The molecule has 0 amide bonds. The van der Waals surface area contributed by atoms with Crippen LogP contribution in [0.5, 0.6) is 0 Å². The van der Waals surface area contributed by atoms with E-state index in [0.717, 1.165) is 5.56 Å². The van der Waals surface area contributed by atoms with Crippen LogP contribution in [0.3, 0.4) is 0 Å². The predicted molar refractivity (Wildman–Crippen MR) is 69.3 cm³/mol. The number of pyridine rings is 1. The number of carboxylic acids is 1. The largest absolute Gasteiger partial charge is 0.477 e. The van der Waals surface area contributed by atoms with Crippen LogP contribution in [0.25, 0.3) is 0 Å². The molecule has 1 aromatic heterocycles. The Labute approximate surface area is 110 Å². The summed E-state index contributed by atoms with van der Waals surface area (Å²) in [6, 6.07) is 14.6. The number of hydrogen-bond donors (Lipinski definition) is 2. The summed E-state index contributed by atoms with van der Waals surface area (Å²) in [7, 11) is 0. The summed E-state index contributed by atoms with van der Waals surface area (Å²) in [4.78, 5) is 20.0. The minimum Gasteiger partial charge on any atom is -0.477 e. The molecule has 0 atom stereocenters. The highest BCUT2D eigenvalue weighted by atomic mass is 16.6. The Bertz CT molecular complexity index is 543. The summed E-state index contributed by atoms with van der Waals surface area (Å²) in [6.07, 6.45) is 0. The van der Waals surface area contributed by atoms with Crippen molar-refractivity contribution < 1.29 is 14.7 Å². The number of aromatic carboxylic acids is 1. The Morgan fingerprint density at radius 3 is 2.68 bits per heavy atom. The van der Waals surface area contributed by atoms with Gasteiger partial charge in [0.25, 0.3) is 0 Å². The molecule has 2 N–H and O–H groups in total. The molecular formula is C14H14N2O3. The fourth-order valence-electron chi connectivity index (χ4n) is 1.53. The maximum absolute atomic E-state index is 10.8. The number of carboxylic acid groups (broad SMARTS) is 1. The van der Waals surface area contributed by atoms with Crippen molar-refractivity contribution >= 4 is 5.97 Å². The van der Waals surface area contributed by atoms with Crippen LogP contribution in [0, 0.1) is 0 Å². The molecule has 0 spiro atoms. The molecule has 0 unspecified atom stereocenters. The van der Waals surface area contributed by atoms with E-state index < -0.39 is 5.97 Å². The van der Waals surface area contributed by atoms with Crippen molar-refractivity contribution in [2.75, 3.05) is 0 Å². The van der Waals surface area contributed by atoms with Gasteiger partial charge in [-0.1, -0.05) is 36.4 Å². The molecule has 5 nitrogen and oxygen atoms in total. The zero-order valence-corrected chi connectivity index (χ0v) is 10.2. The van der Waals surface area contributed by atoms with Crippen molar-refractivity contribution in [2.45, 2.75) is 13.2 Å². The molecule has 1 heterocycles. The highest BCUT2D eigenvalue weighted by molar-refractivity contribution is 5.85. The normalized spacial score (nSPS) is 10.3. The maximum atomic E-state index is 10.8. The second kappa shape index (κ2) is 6.63. The fourth-order valence-corrected chi connectivity index (χ4v) is 1.53. The molecule has 19 heavy (non-hydrogen) atoms. The van der Waals surface area contributed by atoms with Crippen LogP contribution >= 0.6 is 0 Å². The molecule has 0 bridgehead atoms. The minimum absolute atomic E-state index is 0.0300. The Balaban J connectivity index is 1.80. The standard InChI is InChI=1S/C14H14N2O3/c17-14(18)13-8-4-7-12(16-13)9-15-19-10-11-5-2-1-3-6-11/h1-8,15H,9-10H2,(H,17,18). The molecule has 0 saturated heterocycles. The first kappa shape index (κ1) is 13.2. The lowest BCUT2D eigenvalue weighted by Crippen LogP contribution is -2.15. The third kappa shape index (κ3) is 4.17. The lowest BCUT2D eigenvalue weighted by Gasteiger charge is -2.06. The quantitative estimate of drug-likeness (QED) is 0.612. The van der Waals surface area contributed by atoms with Gasteiger partial charge in [0.1, 0.15) is 5.69 Å². The van der Waals surface area contributed by atoms with Crippen molar-refractivity contribution in [3.05, 3.63) is 65.5 Å². The third-order valence-corrected chi connectivity index (χ3v) is 2.46. The minimum atomic E-state index is -1.04. The molecule has 0 aliphatic carbocycles. The number of rotatable bonds is 6. The SMILES string of the molecule is O=C(O)c1cccc(CNOCc2ccccc2)n1. The van der Waals surface area contributed by atoms with Gasteiger partial charge in [0, 0.05) is 0 Å². The molecule has 2 aromatic rings. The van der Waals surface area contributed by atoms with Crippen molar-refractivity contribution in [2.24, 2.45) is 0 Å². The van der Waals surface area contributed by atoms with E-state index in [2.05, 4.69) is 10.5 Å². The van der Waals surface area contributed by atoms with Crippen LogP contribution in [-0.2, 0) is 18.0 Å². The highest BCUT2D eigenvalue weighted by Gasteiger charge is 2.04. The average molecular weight is 258 g/mol. The lowest BCUT2D eigenvalue weighted by molar-refractivity contribution is 0.0228. The highest BCUT2D eigenvalue weighted by Crippen LogP contribution is 2.01. The van der Waals surface area contributed by atoms with Crippen molar-refractivity contribution in [1.29, 1.82) is 0 Å². The smallest absolute Gasteiger partial charge is 0.354 e. The van der Waals surface area contributed by atoms with Crippen LogP contribution in [0.1, 0.15) is 21.7 Å². The van der Waals surface area contributed by atoms with Gasteiger partial charge in [-0.3, -0.25) is 4.84 Å². The van der Waals surface area contributed by atoms with Gasteiger partial charge in [-0.25, -0.2) is 9.78 Å². The predicted octanol–water partition coefficient (Wildman–Crippen LogP) is 2.00. The Hall–Kier alpha value is -2.24. The summed E-state index contributed by atoms with van der Waals surface area (Å²) < 4.78 is 0. The first-order valence-electron chi connectivity index (χ1n) is 5.83. The second-order valence-corrected chi connectivity index (χ2v) is 3.91. The van der Waals surface area contributed by atoms with Crippen LogP contribution < -0.4 is 5.48 Å². The van der Waals surface area contributed by atoms with E-state index in [1.54, 1.807) is 12.1 Å². The molecule has 0 saturated carbocycles. The summed E-state index contributed by atoms with van der Waals surface area (Å²) in [5.41, 5.74) is 4.47. The monoisotopic (exact) mass is 258 g/mol. The number of carbonyl (C=O) groups is 1. The third-order valence-electron chi connectivity index (χ3n) is 2.46. The zero-order valence-electron chi connectivity index (χ0n) is 10.2. The van der Waals surface area contributed by atoms with E-state index in [1.807, 2.05) is 30.3 Å². The van der Waals surface area contributed by atoms with Crippen LogP contribution in [0.15, 0.2) is 48.5 Å². The van der Waals surface area contributed by atoms with Crippen molar-refractivity contribution in [1.82, 2.24) is 10.5 Å². The molecule has 0 fully saturated rings. The molecule has 1 aromatic carbocycles.